The maximum atomic E-state index is 11.5. The first-order valence-electron chi connectivity index (χ1n) is 6.05. The molecule has 0 aliphatic heterocycles. The molecule has 0 saturated heterocycles. The number of aromatic nitrogens is 1. The summed E-state index contributed by atoms with van der Waals surface area (Å²) in [5.41, 5.74) is 1.16. The number of rotatable bonds is 6. The Labute approximate surface area is 100 Å². The van der Waals surface area contributed by atoms with Crippen LogP contribution in [0.4, 0.5) is 5.13 Å². The van der Waals surface area contributed by atoms with Gasteiger partial charge in [-0.25, -0.2) is 4.98 Å². The molecule has 1 fully saturated rings. The van der Waals surface area contributed by atoms with Gasteiger partial charge in [0.05, 0.1) is 5.69 Å². The lowest BCUT2D eigenvalue weighted by Gasteiger charge is -2.00. The van der Waals surface area contributed by atoms with Gasteiger partial charge in [-0.05, 0) is 19.3 Å². The summed E-state index contributed by atoms with van der Waals surface area (Å²) in [5.74, 6) is 0.771. The molecule has 1 aromatic heterocycles. The number of nitrogens with zero attached hydrogens (tertiary/aromatic N) is 1. The Kier molecular flexibility index (Phi) is 3.93. The molecule has 1 amide bonds. The van der Waals surface area contributed by atoms with Gasteiger partial charge in [-0.2, -0.15) is 0 Å². The molecule has 1 aromatic rings. The molecule has 0 radical (unpaired) electrons. The van der Waals surface area contributed by atoms with E-state index in [4.69, 9.17) is 0 Å². The lowest BCUT2D eigenvalue weighted by atomic mass is 10.2. The van der Waals surface area contributed by atoms with E-state index in [1.165, 1.54) is 12.8 Å². The van der Waals surface area contributed by atoms with Crippen LogP contribution in [-0.2, 0) is 4.79 Å². The predicted octanol–water partition coefficient (Wildman–Crippen LogP) is 3.54. The van der Waals surface area contributed by atoms with E-state index in [1.807, 2.05) is 0 Å². The van der Waals surface area contributed by atoms with Gasteiger partial charge in [0, 0.05) is 17.7 Å². The van der Waals surface area contributed by atoms with Crippen LogP contribution in [0.15, 0.2) is 5.38 Å². The Morgan fingerprint density at radius 3 is 3.06 bits per heavy atom. The first-order valence-corrected chi connectivity index (χ1v) is 6.93. The molecule has 0 atom stereocenters. The van der Waals surface area contributed by atoms with Crippen molar-refractivity contribution in [2.75, 3.05) is 5.32 Å². The number of carbonyl (C=O) groups is 1. The molecule has 0 aromatic carbocycles. The van der Waals surface area contributed by atoms with Crippen LogP contribution in [0.5, 0.6) is 0 Å². The highest BCUT2D eigenvalue weighted by Gasteiger charge is 2.26. The minimum atomic E-state index is 0.102. The Balaban J connectivity index is 1.76. The van der Waals surface area contributed by atoms with Crippen molar-refractivity contribution < 1.29 is 4.79 Å². The van der Waals surface area contributed by atoms with Crippen LogP contribution in [-0.4, -0.2) is 10.9 Å². The lowest BCUT2D eigenvalue weighted by molar-refractivity contribution is -0.116. The largest absolute Gasteiger partial charge is 0.302 e. The molecule has 88 valence electrons. The van der Waals surface area contributed by atoms with Crippen LogP contribution in [0.1, 0.15) is 57.1 Å². The van der Waals surface area contributed by atoms with Gasteiger partial charge in [-0.3, -0.25) is 4.79 Å². The van der Waals surface area contributed by atoms with Gasteiger partial charge in [0.2, 0.25) is 5.91 Å². The summed E-state index contributed by atoms with van der Waals surface area (Å²) >= 11 is 1.54. The van der Waals surface area contributed by atoms with E-state index in [9.17, 15) is 4.79 Å². The molecule has 1 aliphatic carbocycles. The maximum Gasteiger partial charge on any atom is 0.226 e. The lowest BCUT2D eigenvalue weighted by Crippen LogP contribution is -2.10. The zero-order valence-corrected chi connectivity index (χ0v) is 10.5. The first kappa shape index (κ1) is 11.6. The quantitative estimate of drug-likeness (QED) is 0.770. The monoisotopic (exact) mass is 238 g/mol. The zero-order valence-electron chi connectivity index (χ0n) is 9.66. The molecule has 1 N–H and O–H groups in total. The topological polar surface area (TPSA) is 42.0 Å². The highest BCUT2D eigenvalue weighted by Crippen LogP contribution is 2.40. The number of amides is 1. The second kappa shape index (κ2) is 5.43. The highest BCUT2D eigenvalue weighted by molar-refractivity contribution is 7.13. The number of hydrogen-bond donors (Lipinski definition) is 1. The Hall–Kier alpha value is -0.900. The number of unbranched alkanes of at least 4 members (excludes halogenated alkanes) is 2. The summed E-state index contributed by atoms with van der Waals surface area (Å²) in [6.07, 6.45) is 6.38. The third-order valence-corrected chi connectivity index (χ3v) is 3.55. The van der Waals surface area contributed by atoms with Gasteiger partial charge in [-0.15, -0.1) is 11.3 Å². The molecule has 0 bridgehead atoms. The molecular formula is C12H18N2OS. The van der Waals surface area contributed by atoms with Gasteiger partial charge >= 0.3 is 0 Å². The molecule has 4 heteroatoms. The summed E-state index contributed by atoms with van der Waals surface area (Å²) in [4.78, 5) is 16.0. The number of thiazole rings is 1. The smallest absolute Gasteiger partial charge is 0.226 e. The molecule has 0 spiro atoms. The minimum Gasteiger partial charge on any atom is -0.302 e. The van der Waals surface area contributed by atoms with Gasteiger partial charge in [-0.1, -0.05) is 19.8 Å². The Bertz CT molecular complexity index is 358. The third-order valence-electron chi connectivity index (χ3n) is 2.77. The second-order valence-corrected chi connectivity index (χ2v) is 5.22. The summed E-state index contributed by atoms with van der Waals surface area (Å²) in [5, 5.41) is 5.71. The van der Waals surface area contributed by atoms with Gasteiger partial charge in [0.25, 0.3) is 0 Å². The Morgan fingerprint density at radius 1 is 1.56 bits per heavy atom. The molecular weight excluding hydrogens is 220 g/mol. The summed E-state index contributed by atoms with van der Waals surface area (Å²) in [7, 11) is 0. The SMILES string of the molecule is CCCCCC(=O)Nc1nc(C2CC2)cs1. The number of anilines is 1. The standard InChI is InChI=1S/C12H18N2OS/c1-2-3-4-5-11(15)14-12-13-10(8-16-12)9-6-7-9/h8-9H,2-7H2,1H3,(H,13,14,15). The van der Waals surface area contributed by atoms with E-state index >= 15 is 0 Å². The zero-order chi connectivity index (χ0) is 11.4. The van der Waals surface area contributed by atoms with Crippen LogP contribution in [0.2, 0.25) is 0 Å². The fraction of sp³-hybridized carbons (Fsp3) is 0.667. The van der Waals surface area contributed by atoms with E-state index in [-0.39, 0.29) is 5.91 Å². The predicted molar refractivity (Wildman–Crippen MR) is 66.9 cm³/mol. The normalized spacial score (nSPS) is 15.1. The highest BCUT2D eigenvalue weighted by atomic mass is 32.1. The third kappa shape index (κ3) is 3.30. The first-order chi connectivity index (χ1) is 7.79. The van der Waals surface area contributed by atoms with Gasteiger partial charge < -0.3 is 5.32 Å². The van der Waals surface area contributed by atoms with E-state index in [2.05, 4.69) is 22.6 Å². The maximum absolute atomic E-state index is 11.5. The van der Waals surface area contributed by atoms with Crippen molar-refractivity contribution >= 4 is 22.4 Å². The van der Waals surface area contributed by atoms with E-state index < -0.39 is 0 Å². The summed E-state index contributed by atoms with van der Waals surface area (Å²) in [6.45, 7) is 2.14. The molecule has 1 saturated carbocycles. The fourth-order valence-electron chi connectivity index (χ4n) is 1.63. The van der Waals surface area contributed by atoms with Crippen molar-refractivity contribution in [1.82, 2.24) is 4.98 Å². The van der Waals surface area contributed by atoms with Crippen LogP contribution >= 0.6 is 11.3 Å². The van der Waals surface area contributed by atoms with Crippen LogP contribution < -0.4 is 5.32 Å². The Morgan fingerprint density at radius 2 is 2.38 bits per heavy atom. The van der Waals surface area contributed by atoms with Crippen molar-refractivity contribution in [3.8, 4) is 0 Å². The molecule has 1 heterocycles. The van der Waals surface area contributed by atoms with Crippen LogP contribution in [0, 0.1) is 0 Å². The average molecular weight is 238 g/mol. The number of nitrogens with one attached hydrogen (secondary N) is 1. The average Bonchev–Trinajstić information content (AvgIpc) is 3.01. The molecule has 16 heavy (non-hydrogen) atoms. The van der Waals surface area contributed by atoms with Gasteiger partial charge in [0.15, 0.2) is 5.13 Å². The van der Waals surface area contributed by atoms with Crippen molar-refractivity contribution in [2.24, 2.45) is 0 Å². The van der Waals surface area contributed by atoms with E-state index in [1.54, 1.807) is 11.3 Å². The van der Waals surface area contributed by atoms with Crippen molar-refractivity contribution in [1.29, 1.82) is 0 Å². The second-order valence-electron chi connectivity index (χ2n) is 4.36. The summed E-state index contributed by atoms with van der Waals surface area (Å²) < 4.78 is 0. The fourth-order valence-corrected chi connectivity index (χ4v) is 2.44. The van der Waals surface area contributed by atoms with Crippen molar-refractivity contribution in [3.05, 3.63) is 11.1 Å². The summed E-state index contributed by atoms with van der Waals surface area (Å²) in [6, 6.07) is 0. The van der Waals surface area contributed by atoms with Crippen LogP contribution in [0.25, 0.3) is 0 Å². The molecule has 1 aliphatic rings. The number of carbonyl (C=O) groups excluding carboxylic acids is 1. The molecule has 2 rings (SSSR count). The van der Waals surface area contributed by atoms with Crippen LogP contribution in [0.3, 0.4) is 0 Å². The number of hydrogen-bond acceptors (Lipinski definition) is 3. The van der Waals surface area contributed by atoms with Crippen molar-refractivity contribution in [3.63, 3.8) is 0 Å². The van der Waals surface area contributed by atoms with Crippen molar-refractivity contribution in [2.45, 2.75) is 51.4 Å². The van der Waals surface area contributed by atoms with Gasteiger partial charge in [0.1, 0.15) is 0 Å². The molecule has 3 nitrogen and oxygen atoms in total. The minimum absolute atomic E-state index is 0.102. The van der Waals surface area contributed by atoms with E-state index in [0.29, 0.717) is 12.3 Å². The molecule has 0 unspecified atom stereocenters. The van der Waals surface area contributed by atoms with E-state index in [0.717, 1.165) is 30.1 Å².